The molecule has 0 heterocycles. The van der Waals surface area contributed by atoms with Gasteiger partial charge in [-0.2, -0.15) is 0 Å². The lowest BCUT2D eigenvalue weighted by Gasteiger charge is -2.36. The first-order valence-electron chi connectivity index (χ1n) is 6.28. The number of rotatable bonds is 4. The third kappa shape index (κ3) is 2.82. The largest absolute Gasteiger partial charge is 0.388 e. The summed E-state index contributed by atoms with van der Waals surface area (Å²) in [5.74, 6) is -0.126. The summed E-state index contributed by atoms with van der Waals surface area (Å²) in [7, 11) is 3.88. The second-order valence-electron chi connectivity index (χ2n) is 5.21. The molecule has 0 spiro atoms. The molecule has 1 aliphatic rings. The van der Waals surface area contributed by atoms with Gasteiger partial charge in [-0.15, -0.1) is 0 Å². The van der Waals surface area contributed by atoms with Crippen molar-refractivity contribution in [1.82, 2.24) is 5.32 Å². The first kappa shape index (κ1) is 12.9. The molecule has 4 nitrogen and oxygen atoms in total. The fourth-order valence-electron chi connectivity index (χ4n) is 2.03. The Hall–Kier alpha value is -1.55. The molecule has 0 unspecified atom stereocenters. The van der Waals surface area contributed by atoms with Gasteiger partial charge in [0.15, 0.2) is 0 Å². The van der Waals surface area contributed by atoms with E-state index in [1.165, 1.54) is 0 Å². The number of carbonyl (C=O) groups is 1. The number of anilines is 1. The molecular formula is C14H20N2O2. The van der Waals surface area contributed by atoms with Crippen LogP contribution in [0.4, 0.5) is 5.69 Å². The van der Waals surface area contributed by atoms with Gasteiger partial charge in [0.1, 0.15) is 0 Å². The molecule has 0 aromatic heterocycles. The number of hydrogen-bond donors (Lipinski definition) is 2. The zero-order valence-corrected chi connectivity index (χ0v) is 10.9. The van der Waals surface area contributed by atoms with Crippen molar-refractivity contribution in [2.24, 2.45) is 0 Å². The van der Waals surface area contributed by atoms with Crippen molar-refractivity contribution in [2.45, 2.75) is 24.9 Å². The Bertz CT molecular complexity index is 439. The number of nitrogens with zero attached hydrogens (tertiary/aromatic N) is 1. The number of benzene rings is 1. The third-order valence-corrected chi connectivity index (χ3v) is 3.49. The number of hydrogen-bond acceptors (Lipinski definition) is 3. The molecule has 98 valence electrons. The minimum atomic E-state index is -0.672. The average Bonchev–Trinajstić information content (AvgIpc) is 2.33. The highest BCUT2D eigenvalue weighted by atomic mass is 16.3. The maximum atomic E-state index is 12.0. The number of carbonyl (C=O) groups excluding carboxylic acids is 1. The van der Waals surface area contributed by atoms with E-state index in [1.807, 2.05) is 37.2 Å². The zero-order valence-electron chi connectivity index (χ0n) is 10.9. The molecule has 0 atom stereocenters. The van der Waals surface area contributed by atoms with Crippen molar-refractivity contribution in [1.29, 1.82) is 0 Å². The molecule has 0 aliphatic heterocycles. The zero-order chi connectivity index (χ0) is 13.2. The molecule has 1 fully saturated rings. The summed E-state index contributed by atoms with van der Waals surface area (Å²) in [4.78, 5) is 13.9. The van der Waals surface area contributed by atoms with Crippen molar-refractivity contribution in [3.8, 4) is 0 Å². The lowest BCUT2D eigenvalue weighted by Crippen LogP contribution is -2.47. The van der Waals surface area contributed by atoms with E-state index >= 15 is 0 Å². The van der Waals surface area contributed by atoms with Crippen molar-refractivity contribution in [3.63, 3.8) is 0 Å². The maximum absolute atomic E-state index is 12.0. The summed E-state index contributed by atoms with van der Waals surface area (Å²) < 4.78 is 0. The maximum Gasteiger partial charge on any atom is 0.251 e. The Morgan fingerprint density at radius 3 is 2.72 bits per heavy atom. The second-order valence-corrected chi connectivity index (χ2v) is 5.21. The summed E-state index contributed by atoms with van der Waals surface area (Å²) in [5, 5.41) is 12.7. The highest BCUT2D eigenvalue weighted by Crippen LogP contribution is 2.30. The molecule has 1 aromatic rings. The van der Waals surface area contributed by atoms with Gasteiger partial charge in [-0.25, -0.2) is 0 Å². The molecular weight excluding hydrogens is 228 g/mol. The van der Waals surface area contributed by atoms with Crippen molar-refractivity contribution in [2.75, 3.05) is 25.5 Å². The van der Waals surface area contributed by atoms with Crippen LogP contribution in [-0.4, -0.2) is 37.3 Å². The lowest BCUT2D eigenvalue weighted by molar-refractivity contribution is -0.0300. The van der Waals surface area contributed by atoms with Crippen LogP contribution in [0.15, 0.2) is 24.3 Å². The Balaban J connectivity index is 1.98. The van der Waals surface area contributed by atoms with E-state index < -0.39 is 5.60 Å². The minimum Gasteiger partial charge on any atom is -0.388 e. The van der Waals surface area contributed by atoms with E-state index in [0.29, 0.717) is 12.1 Å². The van der Waals surface area contributed by atoms with Gasteiger partial charge >= 0.3 is 0 Å². The Morgan fingerprint density at radius 2 is 2.17 bits per heavy atom. The first-order valence-corrected chi connectivity index (χ1v) is 6.28. The van der Waals surface area contributed by atoms with Crippen LogP contribution >= 0.6 is 0 Å². The molecule has 0 bridgehead atoms. The quantitative estimate of drug-likeness (QED) is 0.847. The van der Waals surface area contributed by atoms with Gasteiger partial charge in [0.05, 0.1) is 5.60 Å². The molecule has 0 saturated heterocycles. The molecule has 2 rings (SSSR count). The van der Waals surface area contributed by atoms with Crippen LogP contribution in [0, 0.1) is 0 Å². The third-order valence-electron chi connectivity index (χ3n) is 3.49. The molecule has 0 radical (unpaired) electrons. The van der Waals surface area contributed by atoms with E-state index in [2.05, 4.69) is 5.32 Å². The molecule has 1 aromatic carbocycles. The van der Waals surface area contributed by atoms with Gasteiger partial charge in [-0.05, 0) is 37.5 Å². The summed E-state index contributed by atoms with van der Waals surface area (Å²) in [6.07, 6.45) is 2.61. The molecule has 1 amide bonds. The fraction of sp³-hybridized carbons (Fsp3) is 0.500. The smallest absolute Gasteiger partial charge is 0.251 e. The Morgan fingerprint density at radius 1 is 1.44 bits per heavy atom. The predicted octanol–water partition coefficient (Wildman–Crippen LogP) is 1.40. The fourth-order valence-corrected chi connectivity index (χ4v) is 2.03. The molecule has 1 saturated carbocycles. The van der Waals surface area contributed by atoms with Crippen LogP contribution in [0.2, 0.25) is 0 Å². The van der Waals surface area contributed by atoms with Crippen LogP contribution in [0.1, 0.15) is 29.6 Å². The summed E-state index contributed by atoms with van der Waals surface area (Å²) in [5.41, 5.74) is 0.948. The van der Waals surface area contributed by atoms with Gasteiger partial charge in [0.25, 0.3) is 5.91 Å². The summed E-state index contributed by atoms with van der Waals surface area (Å²) in [6.45, 7) is 0.345. The van der Waals surface area contributed by atoms with E-state index in [0.717, 1.165) is 24.9 Å². The highest BCUT2D eigenvalue weighted by Gasteiger charge is 2.34. The van der Waals surface area contributed by atoms with Gasteiger partial charge in [-0.1, -0.05) is 6.07 Å². The summed E-state index contributed by atoms with van der Waals surface area (Å²) >= 11 is 0. The van der Waals surface area contributed by atoms with E-state index in [4.69, 9.17) is 0 Å². The molecule has 4 heteroatoms. The number of aliphatic hydroxyl groups is 1. The SMILES string of the molecule is CN(C)c1cccc(C(=O)NCC2(O)CCC2)c1. The predicted molar refractivity (Wildman–Crippen MR) is 71.9 cm³/mol. The molecule has 2 N–H and O–H groups in total. The normalized spacial score (nSPS) is 16.8. The van der Waals surface area contributed by atoms with Crippen LogP contribution in [0.25, 0.3) is 0 Å². The minimum absolute atomic E-state index is 0.126. The van der Waals surface area contributed by atoms with Crippen molar-refractivity contribution >= 4 is 11.6 Å². The molecule has 18 heavy (non-hydrogen) atoms. The number of amides is 1. The van der Waals surface area contributed by atoms with Crippen molar-refractivity contribution in [3.05, 3.63) is 29.8 Å². The number of nitrogens with one attached hydrogen (secondary N) is 1. The summed E-state index contributed by atoms with van der Waals surface area (Å²) in [6, 6.07) is 7.45. The van der Waals surface area contributed by atoms with Crippen LogP contribution in [-0.2, 0) is 0 Å². The molecule has 1 aliphatic carbocycles. The lowest BCUT2D eigenvalue weighted by atomic mass is 9.80. The first-order chi connectivity index (χ1) is 8.50. The highest BCUT2D eigenvalue weighted by molar-refractivity contribution is 5.95. The van der Waals surface area contributed by atoms with E-state index in [-0.39, 0.29) is 5.91 Å². The monoisotopic (exact) mass is 248 g/mol. The second kappa shape index (κ2) is 4.98. The standard InChI is InChI=1S/C14H20N2O2/c1-16(2)12-6-3-5-11(9-12)13(17)15-10-14(18)7-4-8-14/h3,5-6,9,18H,4,7-8,10H2,1-2H3,(H,15,17). The van der Waals surface area contributed by atoms with Crippen LogP contribution in [0.5, 0.6) is 0 Å². The van der Waals surface area contributed by atoms with Crippen molar-refractivity contribution < 1.29 is 9.90 Å². The van der Waals surface area contributed by atoms with Crippen LogP contribution in [0.3, 0.4) is 0 Å². The van der Waals surface area contributed by atoms with E-state index in [1.54, 1.807) is 6.07 Å². The van der Waals surface area contributed by atoms with Gasteiger partial charge in [0.2, 0.25) is 0 Å². The van der Waals surface area contributed by atoms with Gasteiger partial charge in [0, 0.05) is 31.9 Å². The Labute approximate surface area is 108 Å². The average molecular weight is 248 g/mol. The van der Waals surface area contributed by atoms with Crippen LogP contribution < -0.4 is 10.2 Å². The van der Waals surface area contributed by atoms with Gasteiger partial charge in [-0.3, -0.25) is 4.79 Å². The Kier molecular flexibility index (Phi) is 3.57. The topological polar surface area (TPSA) is 52.6 Å². The van der Waals surface area contributed by atoms with E-state index in [9.17, 15) is 9.90 Å². The van der Waals surface area contributed by atoms with Gasteiger partial charge < -0.3 is 15.3 Å².